The van der Waals surface area contributed by atoms with Gasteiger partial charge >= 0.3 is 5.97 Å². The zero-order valence-corrected chi connectivity index (χ0v) is 12.6. The Morgan fingerprint density at radius 1 is 1.33 bits per heavy atom. The van der Waals surface area contributed by atoms with E-state index in [0.717, 1.165) is 25.7 Å². The van der Waals surface area contributed by atoms with Crippen LogP contribution in [0.4, 0.5) is 5.69 Å². The molecular weight excluding hydrogens is 270 g/mol. The van der Waals surface area contributed by atoms with E-state index in [1.54, 1.807) is 25.3 Å². The Kier molecular flexibility index (Phi) is 5.44. The van der Waals surface area contributed by atoms with Gasteiger partial charge in [-0.2, -0.15) is 0 Å². The fourth-order valence-corrected chi connectivity index (χ4v) is 2.68. The number of carbonyl (C=O) groups excluding carboxylic acids is 1. The van der Waals surface area contributed by atoms with Crippen LogP contribution in [0.2, 0.25) is 0 Å². The molecule has 0 aliphatic heterocycles. The molecule has 1 saturated carbocycles. The van der Waals surface area contributed by atoms with Crippen molar-refractivity contribution in [2.75, 3.05) is 19.5 Å². The molecule has 0 bridgehead atoms. The highest BCUT2D eigenvalue weighted by Gasteiger charge is 2.27. The van der Waals surface area contributed by atoms with Gasteiger partial charge in [-0.15, -0.1) is 0 Å². The Labute approximate surface area is 125 Å². The first-order valence-electron chi connectivity index (χ1n) is 7.40. The molecule has 1 aromatic carbocycles. The zero-order chi connectivity index (χ0) is 15.2. The maximum absolute atomic E-state index is 12.4. The predicted molar refractivity (Wildman–Crippen MR) is 80.5 cm³/mol. The summed E-state index contributed by atoms with van der Waals surface area (Å²) in [5, 5.41) is 0. The monoisotopic (exact) mass is 293 g/mol. The van der Waals surface area contributed by atoms with Crippen molar-refractivity contribution in [2.24, 2.45) is 0 Å². The third kappa shape index (κ3) is 3.88. The van der Waals surface area contributed by atoms with Crippen LogP contribution >= 0.6 is 0 Å². The van der Waals surface area contributed by atoms with E-state index in [0.29, 0.717) is 23.6 Å². The third-order valence-electron chi connectivity index (χ3n) is 3.75. The molecule has 0 radical (unpaired) electrons. The van der Waals surface area contributed by atoms with Gasteiger partial charge in [0.25, 0.3) is 0 Å². The molecule has 0 spiro atoms. The van der Waals surface area contributed by atoms with Crippen molar-refractivity contribution in [3.05, 3.63) is 23.8 Å². The number of benzene rings is 1. The Morgan fingerprint density at radius 3 is 2.81 bits per heavy atom. The number of methoxy groups -OCH3 is 1. The Hall–Kier alpha value is -1.75. The average molecular weight is 293 g/mol. The van der Waals surface area contributed by atoms with Gasteiger partial charge in [0.05, 0.1) is 12.7 Å². The molecule has 2 rings (SSSR count). The van der Waals surface area contributed by atoms with Crippen molar-refractivity contribution in [1.82, 2.24) is 0 Å². The molecule has 1 aliphatic carbocycles. The molecule has 2 unspecified atom stereocenters. The molecule has 5 heteroatoms. The van der Waals surface area contributed by atoms with Crippen LogP contribution in [0.1, 0.15) is 43.0 Å². The Bertz CT molecular complexity index is 489. The highest BCUT2D eigenvalue weighted by molar-refractivity contribution is 5.98. The summed E-state index contributed by atoms with van der Waals surface area (Å²) in [5.41, 5.74) is 6.60. The highest BCUT2D eigenvalue weighted by atomic mass is 16.5. The summed E-state index contributed by atoms with van der Waals surface area (Å²) in [6.45, 7) is 2.33. The van der Waals surface area contributed by atoms with E-state index in [-0.39, 0.29) is 12.2 Å². The lowest BCUT2D eigenvalue weighted by atomic mass is 9.95. The first-order valence-corrected chi connectivity index (χ1v) is 7.40. The van der Waals surface area contributed by atoms with Crippen LogP contribution in [0.3, 0.4) is 0 Å². The lowest BCUT2D eigenvalue weighted by Crippen LogP contribution is -2.29. The molecule has 0 amide bonds. The van der Waals surface area contributed by atoms with Gasteiger partial charge in [-0.05, 0) is 38.3 Å². The van der Waals surface area contributed by atoms with E-state index in [1.165, 1.54) is 0 Å². The maximum atomic E-state index is 12.4. The van der Waals surface area contributed by atoms with Crippen molar-refractivity contribution in [2.45, 2.75) is 44.8 Å². The van der Waals surface area contributed by atoms with Gasteiger partial charge in [-0.3, -0.25) is 0 Å². The molecule has 2 N–H and O–H groups in total. The van der Waals surface area contributed by atoms with Gasteiger partial charge in [0, 0.05) is 19.2 Å². The molecule has 0 saturated heterocycles. The van der Waals surface area contributed by atoms with Crippen molar-refractivity contribution in [3.63, 3.8) is 0 Å². The summed E-state index contributed by atoms with van der Waals surface area (Å²) in [7, 11) is 1.69. The van der Waals surface area contributed by atoms with Crippen LogP contribution in [0.15, 0.2) is 18.2 Å². The van der Waals surface area contributed by atoms with E-state index < -0.39 is 5.97 Å². The molecule has 0 heterocycles. The topological polar surface area (TPSA) is 70.8 Å². The molecule has 1 fully saturated rings. The van der Waals surface area contributed by atoms with Gasteiger partial charge in [0.2, 0.25) is 0 Å². The first kappa shape index (κ1) is 15.6. The van der Waals surface area contributed by atoms with Gasteiger partial charge < -0.3 is 19.9 Å². The zero-order valence-electron chi connectivity index (χ0n) is 12.6. The quantitative estimate of drug-likeness (QED) is 0.667. The number of nitrogen functional groups attached to an aromatic ring is 1. The second kappa shape index (κ2) is 7.31. The van der Waals surface area contributed by atoms with E-state index in [1.807, 2.05) is 6.92 Å². The first-order chi connectivity index (χ1) is 10.2. The fourth-order valence-electron chi connectivity index (χ4n) is 2.68. The number of carbonyl (C=O) groups is 1. The molecule has 1 aromatic rings. The molecule has 5 nitrogen and oxygen atoms in total. The summed E-state index contributed by atoms with van der Waals surface area (Å²) in [6, 6.07) is 5.17. The maximum Gasteiger partial charge on any atom is 0.344 e. The van der Waals surface area contributed by atoms with Crippen LogP contribution in [-0.2, 0) is 9.47 Å². The van der Waals surface area contributed by atoms with E-state index >= 15 is 0 Å². The lowest BCUT2D eigenvalue weighted by Gasteiger charge is -2.28. The smallest absolute Gasteiger partial charge is 0.344 e. The molecule has 116 valence electrons. The molecule has 0 aromatic heterocycles. The van der Waals surface area contributed by atoms with Crippen LogP contribution in [0, 0.1) is 0 Å². The summed E-state index contributed by atoms with van der Waals surface area (Å²) in [6.07, 6.45) is 3.66. The molecule has 1 aliphatic rings. The minimum atomic E-state index is -0.418. The Balaban J connectivity index is 2.09. The average Bonchev–Trinajstić information content (AvgIpc) is 2.47. The van der Waals surface area contributed by atoms with Crippen molar-refractivity contribution in [1.29, 1.82) is 0 Å². The second-order valence-electron chi connectivity index (χ2n) is 5.21. The summed E-state index contributed by atoms with van der Waals surface area (Å²) < 4.78 is 16.4. The SMILES string of the molecule is CCOc1cccc(N)c1C(=O)OC1CCCC(OC)C1. The number of nitrogens with two attached hydrogens (primary N) is 1. The number of esters is 1. The minimum Gasteiger partial charge on any atom is -0.493 e. The van der Waals surface area contributed by atoms with Gasteiger partial charge in [-0.25, -0.2) is 4.79 Å². The number of anilines is 1. The summed E-state index contributed by atoms with van der Waals surface area (Å²) in [5.74, 6) is 0.0555. The van der Waals surface area contributed by atoms with Crippen LogP contribution in [-0.4, -0.2) is 31.9 Å². The van der Waals surface area contributed by atoms with Crippen molar-refractivity contribution < 1.29 is 19.0 Å². The van der Waals surface area contributed by atoms with Gasteiger partial charge in [-0.1, -0.05) is 6.07 Å². The standard InChI is InChI=1S/C16H23NO4/c1-3-20-14-9-5-8-13(17)15(14)16(18)21-12-7-4-6-11(10-12)19-2/h5,8-9,11-12H,3-4,6-7,10,17H2,1-2H3. The minimum absolute atomic E-state index is 0.120. The molecular formula is C16H23NO4. The lowest BCUT2D eigenvalue weighted by molar-refractivity contribution is -0.0150. The highest BCUT2D eigenvalue weighted by Crippen LogP contribution is 2.28. The summed E-state index contributed by atoms with van der Waals surface area (Å²) >= 11 is 0. The predicted octanol–water partition coefficient (Wildman–Crippen LogP) is 2.78. The molecule has 2 atom stereocenters. The van der Waals surface area contributed by atoms with Crippen molar-refractivity contribution >= 4 is 11.7 Å². The Morgan fingerprint density at radius 2 is 2.10 bits per heavy atom. The third-order valence-corrected chi connectivity index (χ3v) is 3.75. The normalized spacial score (nSPS) is 21.8. The van der Waals surface area contributed by atoms with Crippen LogP contribution < -0.4 is 10.5 Å². The number of hydrogen-bond donors (Lipinski definition) is 1. The van der Waals surface area contributed by atoms with Gasteiger partial charge in [0.1, 0.15) is 17.4 Å². The largest absolute Gasteiger partial charge is 0.493 e. The van der Waals surface area contributed by atoms with Crippen molar-refractivity contribution in [3.8, 4) is 5.75 Å². The van der Waals surface area contributed by atoms with E-state index in [9.17, 15) is 4.79 Å². The second-order valence-corrected chi connectivity index (χ2v) is 5.21. The van der Waals surface area contributed by atoms with Crippen LogP contribution in [0.25, 0.3) is 0 Å². The summed E-state index contributed by atoms with van der Waals surface area (Å²) in [4.78, 5) is 12.4. The molecule has 21 heavy (non-hydrogen) atoms. The number of ether oxygens (including phenoxy) is 3. The van der Waals surface area contributed by atoms with Gasteiger partial charge in [0.15, 0.2) is 0 Å². The fraction of sp³-hybridized carbons (Fsp3) is 0.562. The van der Waals surface area contributed by atoms with Crippen LogP contribution in [0.5, 0.6) is 5.75 Å². The van der Waals surface area contributed by atoms with E-state index in [2.05, 4.69) is 0 Å². The number of rotatable bonds is 5. The number of hydrogen-bond acceptors (Lipinski definition) is 5. The van der Waals surface area contributed by atoms with E-state index in [4.69, 9.17) is 19.9 Å².